The van der Waals surface area contributed by atoms with Gasteiger partial charge in [-0.3, -0.25) is 4.79 Å². The molecule has 1 amide bonds. The number of pyridine rings is 1. The predicted molar refractivity (Wildman–Crippen MR) is 110 cm³/mol. The minimum atomic E-state index is -3.33. The van der Waals surface area contributed by atoms with E-state index in [1.807, 2.05) is 32.0 Å². The lowest BCUT2D eigenvalue weighted by Gasteiger charge is -2.34. The zero-order chi connectivity index (χ0) is 20.5. The summed E-state index contributed by atoms with van der Waals surface area (Å²) in [4.78, 5) is 21.5. The monoisotopic (exact) mass is 408 g/mol. The number of hydrogen-bond acceptors (Lipinski definition) is 5. The summed E-state index contributed by atoms with van der Waals surface area (Å²) in [6.45, 7) is 5.98. The van der Waals surface area contributed by atoms with E-state index in [0.717, 1.165) is 5.82 Å². The van der Waals surface area contributed by atoms with Gasteiger partial charge in [0.25, 0.3) is 0 Å². The van der Waals surface area contributed by atoms with Gasteiger partial charge in [0.2, 0.25) is 15.9 Å². The van der Waals surface area contributed by atoms with Gasteiger partial charge in [0.05, 0.1) is 11.2 Å². The summed E-state index contributed by atoms with van der Waals surface area (Å²) in [5.41, 5.74) is -0.566. The van der Waals surface area contributed by atoms with Crippen LogP contribution in [0.3, 0.4) is 0 Å². The Hall–Kier alpha value is -1.67. The van der Waals surface area contributed by atoms with Crippen molar-refractivity contribution in [1.29, 1.82) is 0 Å². The molecule has 0 spiro atoms. The number of carbonyl (C=O) groups is 1. The molecule has 0 aliphatic carbocycles. The number of anilines is 1. The average molecular weight is 409 g/mol. The second-order valence-corrected chi connectivity index (χ2v) is 10.8. The zero-order valence-corrected chi connectivity index (χ0v) is 18.2. The average Bonchev–Trinajstić information content (AvgIpc) is 2.89. The molecule has 0 bridgehead atoms. The van der Waals surface area contributed by atoms with Crippen LogP contribution in [0, 0.1) is 17.3 Å². The van der Waals surface area contributed by atoms with Crippen molar-refractivity contribution in [2.24, 2.45) is 17.3 Å². The number of carbonyl (C=O) groups excluding carboxylic acids is 1. The molecule has 0 radical (unpaired) electrons. The van der Waals surface area contributed by atoms with E-state index in [1.165, 1.54) is 0 Å². The smallest absolute Gasteiger partial charge is 0.230 e. The van der Waals surface area contributed by atoms with Crippen LogP contribution in [0.5, 0.6) is 0 Å². The SMILES string of the molecule is CC(C)CS(=O)(=O)N1CCC[C@@]2(C(=O)N(C)C)CN(c3ccccn3)C[C@H]2C1. The fourth-order valence-electron chi connectivity index (χ4n) is 4.69. The van der Waals surface area contributed by atoms with Crippen molar-refractivity contribution in [2.75, 3.05) is 50.9 Å². The van der Waals surface area contributed by atoms with Crippen molar-refractivity contribution >= 4 is 21.7 Å². The molecule has 0 N–H and O–H groups in total. The minimum absolute atomic E-state index is 0.0474. The Bertz CT molecular complexity index is 797. The van der Waals surface area contributed by atoms with Gasteiger partial charge in [-0.25, -0.2) is 17.7 Å². The topological polar surface area (TPSA) is 73.8 Å². The van der Waals surface area contributed by atoms with Crippen molar-refractivity contribution in [1.82, 2.24) is 14.2 Å². The summed E-state index contributed by atoms with van der Waals surface area (Å²) in [7, 11) is 0.250. The summed E-state index contributed by atoms with van der Waals surface area (Å²) >= 11 is 0. The van der Waals surface area contributed by atoms with Gasteiger partial charge in [-0.1, -0.05) is 19.9 Å². The first-order chi connectivity index (χ1) is 13.2. The molecule has 0 aromatic carbocycles. The van der Waals surface area contributed by atoms with Gasteiger partial charge in [-0.2, -0.15) is 0 Å². The molecular formula is C20H32N4O3S. The normalized spacial score (nSPS) is 26.2. The lowest BCUT2D eigenvalue weighted by atomic mass is 9.74. The third-order valence-electron chi connectivity index (χ3n) is 5.89. The van der Waals surface area contributed by atoms with E-state index in [0.29, 0.717) is 39.0 Å². The lowest BCUT2D eigenvalue weighted by Crippen LogP contribution is -2.48. The van der Waals surface area contributed by atoms with E-state index >= 15 is 0 Å². The van der Waals surface area contributed by atoms with Crippen LogP contribution < -0.4 is 4.90 Å². The van der Waals surface area contributed by atoms with Crippen LogP contribution in [0.25, 0.3) is 0 Å². The fourth-order valence-corrected chi connectivity index (χ4v) is 6.56. The first kappa shape index (κ1) is 21.0. The third-order valence-corrected chi connectivity index (χ3v) is 8.10. The first-order valence-corrected chi connectivity index (χ1v) is 11.6. The third kappa shape index (κ3) is 4.03. The van der Waals surface area contributed by atoms with Gasteiger partial charge in [0.1, 0.15) is 5.82 Å². The lowest BCUT2D eigenvalue weighted by molar-refractivity contribution is -0.141. The highest BCUT2D eigenvalue weighted by Crippen LogP contribution is 2.45. The van der Waals surface area contributed by atoms with Crippen LogP contribution in [0.15, 0.2) is 24.4 Å². The highest BCUT2D eigenvalue weighted by Gasteiger charge is 2.54. The number of hydrogen-bond donors (Lipinski definition) is 0. The second kappa shape index (κ2) is 7.99. The van der Waals surface area contributed by atoms with E-state index < -0.39 is 15.4 Å². The summed E-state index contributed by atoms with van der Waals surface area (Å²) in [6, 6.07) is 5.77. The minimum Gasteiger partial charge on any atom is -0.355 e. The molecule has 0 saturated carbocycles. The van der Waals surface area contributed by atoms with Crippen molar-refractivity contribution in [2.45, 2.75) is 26.7 Å². The van der Waals surface area contributed by atoms with Crippen molar-refractivity contribution in [3.8, 4) is 0 Å². The number of fused-ring (bicyclic) bond motifs is 1. The van der Waals surface area contributed by atoms with Crippen LogP contribution in [0.1, 0.15) is 26.7 Å². The van der Waals surface area contributed by atoms with E-state index in [4.69, 9.17) is 0 Å². The molecule has 2 saturated heterocycles. The van der Waals surface area contributed by atoms with Gasteiger partial charge in [-0.05, 0) is 30.9 Å². The maximum Gasteiger partial charge on any atom is 0.230 e. The molecule has 0 unspecified atom stereocenters. The molecule has 1 aromatic heterocycles. The number of amides is 1. The Morgan fingerprint density at radius 1 is 1.32 bits per heavy atom. The van der Waals surface area contributed by atoms with Crippen LogP contribution >= 0.6 is 0 Å². The molecule has 3 heterocycles. The first-order valence-electron chi connectivity index (χ1n) is 10.0. The number of aromatic nitrogens is 1. The van der Waals surface area contributed by atoms with Crippen LogP contribution in [0.2, 0.25) is 0 Å². The van der Waals surface area contributed by atoms with Crippen LogP contribution in [0.4, 0.5) is 5.82 Å². The molecule has 3 rings (SSSR count). The zero-order valence-electron chi connectivity index (χ0n) is 17.3. The molecule has 2 atom stereocenters. The Balaban J connectivity index is 1.93. The maximum atomic E-state index is 13.3. The number of nitrogens with zero attached hydrogens (tertiary/aromatic N) is 4. The summed E-state index contributed by atoms with van der Waals surface area (Å²) in [6.07, 6.45) is 3.15. The van der Waals surface area contributed by atoms with Crippen molar-refractivity contribution < 1.29 is 13.2 Å². The maximum absolute atomic E-state index is 13.3. The fraction of sp³-hybridized carbons (Fsp3) is 0.700. The molecule has 2 fully saturated rings. The van der Waals surface area contributed by atoms with E-state index in [9.17, 15) is 13.2 Å². The van der Waals surface area contributed by atoms with Crippen molar-refractivity contribution in [3.63, 3.8) is 0 Å². The Kier molecular flexibility index (Phi) is 6.00. The summed E-state index contributed by atoms with van der Waals surface area (Å²) < 4.78 is 27.4. The molecule has 1 aromatic rings. The van der Waals surface area contributed by atoms with E-state index in [1.54, 1.807) is 29.5 Å². The molecule has 2 aliphatic heterocycles. The molecule has 28 heavy (non-hydrogen) atoms. The quantitative estimate of drug-likeness (QED) is 0.741. The molecule has 8 heteroatoms. The number of rotatable bonds is 5. The van der Waals surface area contributed by atoms with Gasteiger partial charge >= 0.3 is 0 Å². The van der Waals surface area contributed by atoms with Crippen LogP contribution in [-0.2, 0) is 14.8 Å². The van der Waals surface area contributed by atoms with E-state index in [-0.39, 0.29) is 23.5 Å². The largest absolute Gasteiger partial charge is 0.355 e. The van der Waals surface area contributed by atoms with Crippen LogP contribution in [-0.4, -0.2) is 74.5 Å². The van der Waals surface area contributed by atoms with E-state index in [2.05, 4.69) is 9.88 Å². The summed E-state index contributed by atoms with van der Waals surface area (Å²) in [5, 5.41) is 0. The Morgan fingerprint density at radius 3 is 2.68 bits per heavy atom. The Labute approximate surface area is 168 Å². The van der Waals surface area contributed by atoms with Gasteiger partial charge in [0.15, 0.2) is 0 Å². The van der Waals surface area contributed by atoms with Gasteiger partial charge < -0.3 is 9.80 Å². The highest BCUT2D eigenvalue weighted by molar-refractivity contribution is 7.89. The highest BCUT2D eigenvalue weighted by atomic mass is 32.2. The molecular weight excluding hydrogens is 376 g/mol. The molecule has 2 aliphatic rings. The van der Waals surface area contributed by atoms with Crippen molar-refractivity contribution in [3.05, 3.63) is 24.4 Å². The molecule has 7 nitrogen and oxygen atoms in total. The Morgan fingerprint density at radius 2 is 2.07 bits per heavy atom. The predicted octanol–water partition coefficient (Wildman–Crippen LogP) is 1.67. The van der Waals surface area contributed by atoms with Gasteiger partial charge in [-0.15, -0.1) is 0 Å². The number of sulfonamides is 1. The van der Waals surface area contributed by atoms with Gasteiger partial charge in [0, 0.05) is 52.4 Å². The second-order valence-electron chi connectivity index (χ2n) is 8.76. The standard InChI is InChI=1S/C20H32N4O3S/c1-16(2)14-28(26,27)24-11-7-9-20(19(25)22(3)4)15-23(12-17(20)13-24)18-8-5-6-10-21-18/h5-6,8,10,16-17H,7,9,11-15H2,1-4H3/t17-,20+/m0/s1. The molecule has 156 valence electrons. The summed E-state index contributed by atoms with van der Waals surface area (Å²) in [5.74, 6) is 1.12.